The zero-order valence-electron chi connectivity index (χ0n) is 6.92. The first-order chi connectivity index (χ1) is 6.16. The van der Waals surface area contributed by atoms with Gasteiger partial charge in [0.25, 0.3) is 0 Å². The third kappa shape index (κ3) is 1.67. The quantitative estimate of drug-likeness (QED) is 0.661. The molecule has 1 nitrogen and oxygen atoms in total. The molecule has 1 heterocycles. The largest absolute Gasteiger partial charge is 0.240 e. The number of aromatic nitrogens is 1. The number of benzene rings is 1. The molecule has 13 heavy (non-hydrogen) atoms. The molecular formula is C9H7ClFNS. The number of thiazole rings is 1. The van der Waals surface area contributed by atoms with E-state index in [9.17, 15) is 4.39 Å². The summed E-state index contributed by atoms with van der Waals surface area (Å²) in [6.07, 6.45) is 0. The van der Waals surface area contributed by atoms with Gasteiger partial charge in [0.1, 0.15) is 10.8 Å². The molecule has 2 aromatic rings. The second-order valence-corrected chi connectivity index (χ2v) is 4.50. The van der Waals surface area contributed by atoms with Crippen molar-refractivity contribution in [3.8, 4) is 0 Å². The highest BCUT2D eigenvalue weighted by Gasteiger charge is 2.08. The van der Waals surface area contributed by atoms with E-state index in [1.54, 1.807) is 6.07 Å². The molecule has 0 unspecified atom stereocenters. The van der Waals surface area contributed by atoms with Crippen molar-refractivity contribution < 1.29 is 4.39 Å². The summed E-state index contributed by atoms with van der Waals surface area (Å²) >= 11 is 7.31. The van der Waals surface area contributed by atoms with Gasteiger partial charge in [-0.1, -0.05) is 0 Å². The Balaban J connectivity index is 2.62. The van der Waals surface area contributed by atoms with Crippen LogP contribution in [0.25, 0.3) is 10.2 Å². The number of fused-ring (bicyclic) bond motifs is 1. The first-order valence-electron chi connectivity index (χ1n) is 3.87. The molecule has 0 aliphatic carbocycles. The normalized spacial score (nSPS) is 13.5. The molecule has 0 fully saturated rings. The van der Waals surface area contributed by atoms with Crippen molar-refractivity contribution >= 4 is 33.2 Å². The van der Waals surface area contributed by atoms with Gasteiger partial charge in [0.2, 0.25) is 0 Å². The Hall–Kier alpha value is -0.670. The summed E-state index contributed by atoms with van der Waals surface area (Å²) in [5, 5.41) is 0.725. The molecule has 0 amide bonds. The highest BCUT2D eigenvalue weighted by atomic mass is 35.5. The van der Waals surface area contributed by atoms with Crippen LogP contribution in [0, 0.1) is 5.82 Å². The van der Waals surface area contributed by atoms with Crippen molar-refractivity contribution in [3.05, 3.63) is 29.0 Å². The van der Waals surface area contributed by atoms with E-state index in [0.717, 1.165) is 15.2 Å². The summed E-state index contributed by atoms with van der Waals surface area (Å²) in [7, 11) is 0. The lowest BCUT2D eigenvalue weighted by molar-refractivity contribution is 0.630. The van der Waals surface area contributed by atoms with E-state index in [1.165, 1.54) is 23.5 Å². The molecule has 1 aromatic heterocycles. The van der Waals surface area contributed by atoms with Crippen molar-refractivity contribution in [2.24, 2.45) is 0 Å². The summed E-state index contributed by atoms with van der Waals surface area (Å²) in [4.78, 5) is 4.27. The zero-order valence-corrected chi connectivity index (χ0v) is 8.49. The van der Waals surface area contributed by atoms with Crippen molar-refractivity contribution in [3.63, 3.8) is 0 Å². The van der Waals surface area contributed by atoms with Gasteiger partial charge in [-0.25, -0.2) is 9.37 Å². The van der Waals surface area contributed by atoms with Gasteiger partial charge in [-0.15, -0.1) is 22.9 Å². The van der Waals surface area contributed by atoms with Gasteiger partial charge >= 0.3 is 0 Å². The number of hydrogen-bond acceptors (Lipinski definition) is 2. The van der Waals surface area contributed by atoms with E-state index < -0.39 is 0 Å². The predicted octanol–water partition coefficient (Wildman–Crippen LogP) is 3.74. The predicted molar refractivity (Wildman–Crippen MR) is 53.8 cm³/mol. The number of halogens is 2. The first kappa shape index (κ1) is 8.91. The topological polar surface area (TPSA) is 12.9 Å². The Morgan fingerprint density at radius 2 is 2.31 bits per heavy atom. The van der Waals surface area contributed by atoms with Crippen LogP contribution in [0.15, 0.2) is 18.2 Å². The highest BCUT2D eigenvalue weighted by molar-refractivity contribution is 7.18. The van der Waals surface area contributed by atoms with Crippen LogP contribution < -0.4 is 0 Å². The molecule has 0 aliphatic heterocycles. The lowest BCUT2D eigenvalue weighted by Crippen LogP contribution is -1.79. The average molecular weight is 216 g/mol. The van der Waals surface area contributed by atoms with Gasteiger partial charge in [0, 0.05) is 0 Å². The van der Waals surface area contributed by atoms with Crippen molar-refractivity contribution in [2.45, 2.75) is 12.3 Å². The fourth-order valence-electron chi connectivity index (χ4n) is 1.09. The van der Waals surface area contributed by atoms with E-state index in [0.29, 0.717) is 0 Å². The van der Waals surface area contributed by atoms with Crippen molar-refractivity contribution in [1.82, 2.24) is 4.98 Å². The Kier molecular flexibility index (Phi) is 2.22. The monoisotopic (exact) mass is 215 g/mol. The van der Waals surface area contributed by atoms with Gasteiger partial charge in [-0.05, 0) is 25.1 Å². The fourth-order valence-corrected chi connectivity index (χ4v) is 2.19. The van der Waals surface area contributed by atoms with Gasteiger partial charge in [-0.2, -0.15) is 0 Å². The maximum atomic E-state index is 12.8. The fraction of sp³-hybridized carbons (Fsp3) is 0.222. The minimum absolute atomic E-state index is 0.111. The number of rotatable bonds is 1. The summed E-state index contributed by atoms with van der Waals surface area (Å²) in [5.41, 5.74) is 0.814. The maximum absolute atomic E-state index is 12.8. The van der Waals surface area contributed by atoms with E-state index in [4.69, 9.17) is 11.6 Å². The minimum Gasteiger partial charge on any atom is -0.240 e. The van der Waals surface area contributed by atoms with Gasteiger partial charge in [0.05, 0.1) is 15.6 Å². The molecule has 0 N–H and O–H groups in total. The molecule has 0 saturated heterocycles. The van der Waals surface area contributed by atoms with E-state index in [2.05, 4.69) is 4.98 Å². The van der Waals surface area contributed by atoms with Crippen LogP contribution in [0.4, 0.5) is 4.39 Å². The molecular weight excluding hydrogens is 209 g/mol. The number of nitrogens with zero attached hydrogens (tertiary/aromatic N) is 1. The zero-order chi connectivity index (χ0) is 9.42. The lowest BCUT2D eigenvalue weighted by Gasteiger charge is -1.91. The van der Waals surface area contributed by atoms with Crippen LogP contribution in [-0.4, -0.2) is 4.98 Å². The average Bonchev–Trinajstić information content (AvgIpc) is 2.46. The van der Waals surface area contributed by atoms with Gasteiger partial charge in [0.15, 0.2) is 0 Å². The van der Waals surface area contributed by atoms with Crippen molar-refractivity contribution in [1.29, 1.82) is 0 Å². The molecule has 0 aliphatic rings. The minimum atomic E-state index is -0.232. The molecule has 1 aromatic carbocycles. The van der Waals surface area contributed by atoms with Crippen molar-refractivity contribution in [2.75, 3.05) is 0 Å². The van der Waals surface area contributed by atoms with Gasteiger partial charge in [-0.3, -0.25) is 0 Å². The summed E-state index contributed by atoms with van der Waals surface area (Å²) in [6.45, 7) is 1.86. The molecule has 1 atom stereocenters. The molecule has 0 bridgehead atoms. The number of alkyl halides is 1. The SMILES string of the molecule is C[C@H](Cl)c1nc2ccc(F)cc2s1. The van der Waals surface area contributed by atoms with E-state index in [-0.39, 0.29) is 11.2 Å². The first-order valence-corrected chi connectivity index (χ1v) is 5.12. The van der Waals surface area contributed by atoms with Crippen LogP contribution in [0.2, 0.25) is 0 Å². The Labute approximate surface area is 84.2 Å². The smallest absolute Gasteiger partial charge is 0.124 e. The summed E-state index contributed by atoms with van der Waals surface area (Å²) < 4.78 is 13.6. The molecule has 0 spiro atoms. The van der Waals surface area contributed by atoms with E-state index in [1.807, 2.05) is 6.92 Å². The van der Waals surface area contributed by atoms with E-state index >= 15 is 0 Å². The summed E-state index contributed by atoms with van der Waals surface area (Å²) in [5.74, 6) is -0.232. The molecule has 0 radical (unpaired) electrons. The molecule has 2 rings (SSSR count). The Bertz CT molecular complexity index is 438. The number of hydrogen-bond donors (Lipinski definition) is 0. The Morgan fingerprint density at radius 3 is 3.00 bits per heavy atom. The van der Waals surface area contributed by atoms with Crippen LogP contribution in [-0.2, 0) is 0 Å². The van der Waals surface area contributed by atoms with Gasteiger partial charge < -0.3 is 0 Å². The highest BCUT2D eigenvalue weighted by Crippen LogP contribution is 2.29. The third-order valence-corrected chi connectivity index (χ3v) is 3.24. The summed E-state index contributed by atoms with van der Waals surface area (Å²) in [6, 6.07) is 4.56. The Morgan fingerprint density at radius 1 is 1.54 bits per heavy atom. The van der Waals surface area contributed by atoms with Crippen LogP contribution >= 0.6 is 22.9 Å². The third-order valence-electron chi connectivity index (χ3n) is 1.71. The standard InChI is InChI=1S/C9H7ClFNS/c1-5(10)9-12-7-3-2-6(11)4-8(7)13-9/h2-5H,1H3/t5-/m0/s1. The molecule has 4 heteroatoms. The second kappa shape index (κ2) is 3.24. The maximum Gasteiger partial charge on any atom is 0.124 e. The van der Waals surface area contributed by atoms with Crippen LogP contribution in [0.5, 0.6) is 0 Å². The molecule has 0 saturated carbocycles. The molecule has 68 valence electrons. The van der Waals surface area contributed by atoms with Crippen LogP contribution in [0.3, 0.4) is 0 Å². The van der Waals surface area contributed by atoms with Crippen LogP contribution in [0.1, 0.15) is 17.3 Å². The lowest BCUT2D eigenvalue weighted by atomic mass is 10.3. The second-order valence-electron chi connectivity index (χ2n) is 2.78.